The molecular formula is C11H15N3O2S. The topological polar surface area (TPSA) is 68.9 Å². The molecule has 0 aliphatic rings. The molecule has 0 aliphatic heterocycles. The molecule has 0 saturated heterocycles. The number of ether oxygens (including phenoxy) is 2. The molecule has 0 amide bonds. The van der Waals surface area contributed by atoms with Crippen molar-refractivity contribution in [2.45, 2.75) is 6.92 Å². The molecule has 0 fully saturated rings. The lowest BCUT2D eigenvalue weighted by atomic mass is 10.2. The first-order valence-corrected chi connectivity index (χ1v) is 5.47. The molecule has 3 N–H and O–H groups in total. The van der Waals surface area contributed by atoms with Gasteiger partial charge in [0.1, 0.15) is 11.5 Å². The molecule has 6 heteroatoms. The van der Waals surface area contributed by atoms with Gasteiger partial charge in [0.2, 0.25) is 0 Å². The van der Waals surface area contributed by atoms with Crippen LogP contribution in [-0.2, 0) is 0 Å². The van der Waals surface area contributed by atoms with Crippen LogP contribution in [0.4, 0.5) is 0 Å². The number of thiocarbonyl (C=S) groups is 1. The smallest absolute Gasteiger partial charge is 0.184 e. The summed E-state index contributed by atoms with van der Waals surface area (Å²) in [5.74, 6) is 1.45. The molecule has 92 valence electrons. The van der Waals surface area contributed by atoms with Crippen molar-refractivity contribution < 1.29 is 9.47 Å². The van der Waals surface area contributed by atoms with Gasteiger partial charge in [0.05, 0.1) is 19.9 Å². The van der Waals surface area contributed by atoms with Gasteiger partial charge in [0.15, 0.2) is 5.11 Å². The fraction of sp³-hybridized carbons (Fsp3) is 0.273. The molecule has 1 aromatic carbocycles. The summed E-state index contributed by atoms with van der Waals surface area (Å²) in [7, 11) is 1.59. The third-order valence-electron chi connectivity index (χ3n) is 1.89. The van der Waals surface area contributed by atoms with Crippen LogP contribution in [0.15, 0.2) is 23.3 Å². The Morgan fingerprint density at radius 3 is 2.94 bits per heavy atom. The van der Waals surface area contributed by atoms with Crippen LogP contribution >= 0.6 is 12.2 Å². The van der Waals surface area contributed by atoms with Gasteiger partial charge in [0.25, 0.3) is 0 Å². The van der Waals surface area contributed by atoms with Crippen molar-refractivity contribution >= 4 is 23.5 Å². The average molecular weight is 253 g/mol. The highest BCUT2D eigenvalue weighted by Crippen LogP contribution is 2.22. The van der Waals surface area contributed by atoms with E-state index in [0.29, 0.717) is 12.4 Å². The van der Waals surface area contributed by atoms with Gasteiger partial charge in [0, 0.05) is 5.56 Å². The quantitative estimate of drug-likeness (QED) is 0.470. The second-order valence-corrected chi connectivity index (χ2v) is 3.51. The Labute approximate surface area is 106 Å². The van der Waals surface area contributed by atoms with Crippen LogP contribution < -0.4 is 20.6 Å². The van der Waals surface area contributed by atoms with E-state index in [2.05, 4.69) is 22.7 Å². The van der Waals surface area contributed by atoms with E-state index in [4.69, 9.17) is 15.2 Å². The third-order valence-corrected chi connectivity index (χ3v) is 1.98. The molecule has 0 bridgehead atoms. The van der Waals surface area contributed by atoms with Crippen molar-refractivity contribution in [2.24, 2.45) is 10.8 Å². The number of nitrogens with two attached hydrogens (primary N) is 1. The molecule has 0 atom stereocenters. The van der Waals surface area contributed by atoms with Crippen LogP contribution in [0, 0.1) is 0 Å². The number of nitrogens with one attached hydrogen (secondary N) is 1. The summed E-state index contributed by atoms with van der Waals surface area (Å²) in [6, 6.07) is 5.47. The maximum Gasteiger partial charge on any atom is 0.184 e. The fourth-order valence-electron chi connectivity index (χ4n) is 1.24. The zero-order valence-corrected chi connectivity index (χ0v) is 10.6. The van der Waals surface area contributed by atoms with E-state index in [-0.39, 0.29) is 5.11 Å². The molecule has 0 aliphatic carbocycles. The van der Waals surface area contributed by atoms with Crippen molar-refractivity contribution in [3.8, 4) is 11.5 Å². The summed E-state index contributed by atoms with van der Waals surface area (Å²) in [6.45, 7) is 2.53. The highest BCUT2D eigenvalue weighted by molar-refractivity contribution is 7.80. The lowest BCUT2D eigenvalue weighted by Crippen LogP contribution is -2.24. The van der Waals surface area contributed by atoms with Gasteiger partial charge in [-0.15, -0.1) is 0 Å². The Bertz CT molecular complexity index is 421. The molecule has 0 unspecified atom stereocenters. The van der Waals surface area contributed by atoms with Gasteiger partial charge in [-0.2, -0.15) is 5.10 Å². The van der Waals surface area contributed by atoms with Crippen molar-refractivity contribution in [1.82, 2.24) is 5.43 Å². The van der Waals surface area contributed by atoms with Crippen LogP contribution in [-0.4, -0.2) is 25.0 Å². The number of benzene rings is 1. The summed E-state index contributed by atoms with van der Waals surface area (Å²) >= 11 is 4.64. The lowest BCUT2D eigenvalue weighted by molar-refractivity contribution is 0.339. The van der Waals surface area contributed by atoms with Gasteiger partial charge in [-0.1, -0.05) is 0 Å². The van der Waals surface area contributed by atoms with Gasteiger partial charge < -0.3 is 15.2 Å². The van der Waals surface area contributed by atoms with Gasteiger partial charge in [-0.3, -0.25) is 5.43 Å². The summed E-state index contributed by atoms with van der Waals surface area (Å²) in [5.41, 5.74) is 8.51. The molecule has 17 heavy (non-hydrogen) atoms. The monoisotopic (exact) mass is 253 g/mol. The minimum absolute atomic E-state index is 0.112. The van der Waals surface area contributed by atoms with Crippen molar-refractivity contribution in [2.75, 3.05) is 13.7 Å². The number of rotatable bonds is 5. The van der Waals surface area contributed by atoms with Crippen molar-refractivity contribution in [3.05, 3.63) is 23.8 Å². The predicted octanol–water partition coefficient (Wildman–Crippen LogP) is 1.26. The van der Waals surface area contributed by atoms with Crippen molar-refractivity contribution in [1.29, 1.82) is 0 Å². The normalized spacial score (nSPS) is 10.2. The number of hydrazone groups is 1. The first-order valence-electron chi connectivity index (χ1n) is 5.06. The van der Waals surface area contributed by atoms with Gasteiger partial charge in [-0.25, -0.2) is 0 Å². The first kappa shape index (κ1) is 13.2. The fourth-order valence-corrected chi connectivity index (χ4v) is 1.29. The molecule has 0 radical (unpaired) electrons. The highest BCUT2D eigenvalue weighted by atomic mass is 32.1. The Kier molecular flexibility index (Phi) is 5.22. The second-order valence-electron chi connectivity index (χ2n) is 3.07. The number of hydrogen-bond acceptors (Lipinski definition) is 4. The van der Waals surface area contributed by atoms with Gasteiger partial charge >= 0.3 is 0 Å². The minimum atomic E-state index is 0.112. The molecule has 5 nitrogen and oxygen atoms in total. The maximum atomic E-state index is 5.39. The second kappa shape index (κ2) is 6.70. The highest BCUT2D eigenvalue weighted by Gasteiger charge is 2.02. The molecule has 0 heterocycles. The minimum Gasteiger partial charge on any atom is -0.496 e. The molecule has 0 aromatic heterocycles. The maximum absolute atomic E-state index is 5.39. The van der Waals surface area contributed by atoms with E-state index in [1.54, 1.807) is 13.3 Å². The molecular weight excluding hydrogens is 238 g/mol. The third kappa shape index (κ3) is 4.28. The van der Waals surface area contributed by atoms with E-state index in [1.165, 1.54) is 0 Å². The van der Waals surface area contributed by atoms with E-state index in [9.17, 15) is 0 Å². The van der Waals surface area contributed by atoms with Crippen LogP contribution in [0.3, 0.4) is 0 Å². The summed E-state index contributed by atoms with van der Waals surface area (Å²) < 4.78 is 10.6. The zero-order chi connectivity index (χ0) is 12.7. The van der Waals surface area contributed by atoms with Crippen LogP contribution in [0.1, 0.15) is 12.5 Å². The van der Waals surface area contributed by atoms with Crippen LogP contribution in [0.2, 0.25) is 0 Å². The van der Waals surface area contributed by atoms with E-state index in [1.807, 2.05) is 25.1 Å². The predicted molar refractivity (Wildman–Crippen MR) is 71.7 cm³/mol. The largest absolute Gasteiger partial charge is 0.496 e. The number of methoxy groups -OCH3 is 1. The molecule has 1 aromatic rings. The van der Waals surface area contributed by atoms with Crippen LogP contribution in [0.25, 0.3) is 0 Å². The Morgan fingerprint density at radius 2 is 2.35 bits per heavy atom. The van der Waals surface area contributed by atoms with E-state index >= 15 is 0 Å². The molecule has 0 spiro atoms. The van der Waals surface area contributed by atoms with Crippen molar-refractivity contribution in [3.63, 3.8) is 0 Å². The Morgan fingerprint density at radius 1 is 1.59 bits per heavy atom. The summed E-state index contributed by atoms with van der Waals surface area (Å²) in [5, 5.41) is 3.99. The summed E-state index contributed by atoms with van der Waals surface area (Å²) in [6.07, 6.45) is 1.57. The lowest BCUT2D eigenvalue weighted by Gasteiger charge is -2.08. The standard InChI is InChI=1S/C11H15N3O2S/c1-3-16-9-4-5-10(15-2)8(6-9)7-13-14-11(12)17/h4-7H,3H2,1-2H3,(H3,12,14,17). The van der Waals surface area contributed by atoms with Gasteiger partial charge in [-0.05, 0) is 37.3 Å². The Balaban J connectivity index is 2.89. The van der Waals surface area contributed by atoms with Crippen LogP contribution in [0.5, 0.6) is 11.5 Å². The molecule has 0 saturated carbocycles. The first-order chi connectivity index (χ1) is 8.17. The number of hydrogen-bond donors (Lipinski definition) is 2. The van der Waals surface area contributed by atoms with E-state index < -0.39 is 0 Å². The Hall–Kier alpha value is -1.82. The number of nitrogens with zero attached hydrogens (tertiary/aromatic N) is 1. The van der Waals surface area contributed by atoms with E-state index in [0.717, 1.165) is 11.3 Å². The summed E-state index contributed by atoms with van der Waals surface area (Å²) in [4.78, 5) is 0. The molecule has 1 rings (SSSR count). The average Bonchev–Trinajstić information content (AvgIpc) is 2.29. The zero-order valence-electron chi connectivity index (χ0n) is 9.77. The SMILES string of the molecule is CCOc1ccc(OC)c(C=NNC(N)=S)c1.